The van der Waals surface area contributed by atoms with E-state index in [1.807, 2.05) is 13.8 Å². The first-order valence-electron chi connectivity index (χ1n) is 7.06. The molecule has 0 aliphatic carbocycles. The number of urea groups is 1. The Labute approximate surface area is 122 Å². The molecule has 1 fully saturated rings. The maximum absolute atomic E-state index is 12.3. The van der Waals surface area contributed by atoms with Gasteiger partial charge in [-0.15, -0.1) is 0 Å². The van der Waals surface area contributed by atoms with Crippen molar-refractivity contribution in [1.29, 1.82) is 0 Å². The molecule has 1 heterocycles. The molecule has 2 amide bonds. The molecule has 3 N–H and O–H groups in total. The summed E-state index contributed by atoms with van der Waals surface area (Å²) in [6.07, 6.45) is -3.12. The van der Waals surface area contributed by atoms with E-state index in [0.717, 1.165) is 0 Å². The van der Waals surface area contributed by atoms with Crippen molar-refractivity contribution in [2.45, 2.75) is 38.9 Å². The van der Waals surface area contributed by atoms with Gasteiger partial charge in [0.15, 0.2) is 0 Å². The topological polar surface area (TPSA) is 64.6 Å². The highest BCUT2D eigenvalue weighted by atomic mass is 19.4. The van der Waals surface area contributed by atoms with Gasteiger partial charge in [0.05, 0.1) is 6.54 Å². The van der Waals surface area contributed by atoms with Crippen LogP contribution in [0.2, 0.25) is 0 Å². The van der Waals surface area contributed by atoms with Crippen LogP contribution in [0.4, 0.5) is 18.0 Å². The van der Waals surface area contributed by atoms with Crippen LogP contribution in [0.1, 0.15) is 26.7 Å². The fourth-order valence-corrected chi connectivity index (χ4v) is 2.29. The second kappa shape index (κ2) is 7.31. The van der Waals surface area contributed by atoms with Gasteiger partial charge in [-0.3, -0.25) is 4.90 Å². The average molecular weight is 311 g/mol. The molecule has 1 rings (SSSR count). The number of hydrogen-bond acceptors (Lipinski definition) is 3. The quantitative estimate of drug-likeness (QED) is 0.693. The van der Waals surface area contributed by atoms with E-state index < -0.39 is 12.7 Å². The van der Waals surface area contributed by atoms with E-state index in [1.165, 1.54) is 4.90 Å². The van der Waals surface area contributed by atoms with Crippen molar-refractivity contribution < 1.29 is 23.1 Å². The molecule has 0 saturated carbocycles. The minimum absolute atomic E-state index is 0.0470. The summed E-state index contributed by atoms with van der Waals surface area (Å²) in [4.78, 5) is 13.0. The molecular formula is C13H24F3N3O2. The molecule has 1 aliphatic heterocycles. The van der Waals surface area contributed by atoms with E-state index in [0.29, 0.717) is 25.9 Å². The summed E-state index contributed by atoms with van der Waals surface area (Å²) in [5, 5.41) is 14.3. The molecule has 1 atom stereocenters. The number of likely N-dealkylation sites (tertiary alicyclic amines) is 1. The highest BCUT2D eigenvalue weighted by Gasteiger charge is 2.34. The van der Waals surface area contributed by atoms with Crippen molar-refractivity contribution in [2.24, 2.45) is 5.41 Å². The zero-order valence-corrected chi connectivity index (χ0v) is 12.5. The lowest BCUT2D eigenvalue weighted by Gasteiger charge is -2.24. The smallest absolute Gasteiger partial charge is 0.396 e. The standard InChI is InChI=1S/C13H24F3N3O2/c1-12(2,4-6-20)8-17-11(21)18-10-3-5-19(7-10)9-13(14,15)16/h10,20H,3-9H2,1-2H3,(H2,17,18,21). The van der Waals surface area contributed by atoms with Crippen LogP contribution in [0.15, 0.2) is 0 Å². The molecule has 21 heavy (non-hydrogen) atoms. The van der Waals surface area contributed by atoms with Gasteiger partial charge in [-0.25, -0.2) is 4.79 Å². The Hall–Kier alpha value is -1.02. The molecule has 0 aromatic rings. The Kier molecular flexibility index (Phi) is 6.27. The summed E-state index contributed by atoms with van der Waals surface area (Å²) in [5.41, 5.74) is -0.218. The molecule has 0 bridgehead atoms. The normalized spacial score (nSPS) is 20.6. The van der Waals surface area contributed by atoms with Gasteiger partial charge in [-0.2, -0.15) is 13.2 Å². The lowest BCUT2D eigenvalue weighted by Crippen LogP contribution is -2.46. The maximum Gasteiger partial charge on any atom is 0.401 e. The van der Waals surface area contributed by atoms with Gasteiger partial charge in [0, 0.05) is 32.3 Å². The minimum Gasteiger partial charge on any atom is -0.396 e. The first-order valence-corrected chi connectivity index (χ1v) is 7.06. The van der Waals surface area contributed by atoms with Gasteiger partial charge < -0.3 is 15.7 Å². The van der Waals surface area contributed by atoms with E-state index in [2.05, 4.69) is 10.6 Å². The monoisotopic (exact) mass is 311 g/mol. The van der Waals surface area contributed by atoms with Gasteiger partial charge >= 0.3 is 12.2 Å². The Morgan fingerprint density at radius 3 is 2.62 bits per heavy atom. The van der Waals surface area contributed by atoms with Crippen molar-refractivity contribution in [2.75, 3.05) is 32.8 Å². The zero-order valence-electron chi connectivity index (χ0n) is 12.5. The number of nitrogens with one attached hydrogen (secondary N) is 2. The number of alkyl halides is 3. The fourth-order valence-electron chi connectivity index (χ4n) is 2.29. The van der Waals surface area contributed by atoms with Crippen LogP contribution in [0, 0.1) is 5.41 Å². The molecule has 5 nitrogen and oxygen atoms in total. The van der Waals surface area contributed by atoms with Crippen LogP contribution < -0.4 is 10.6 Å². The van der Waals surface area contributed by atoms with E-state index in [4.69, 9.17) is 5.11 Å². The molecule has 0 spiro atoms. The van der Waals surface area contributed by atoms with Crippen LogP contribution in [0.5, 0.6) is 0 Å². The van der Waals surface area contributed by atoms with Gasteiger partial charge in [0.25, 0.3) is 0 Å². The second-order valence-corrected chi connectivity index (χ2v) is 6.30. The summed E-state index contributed by atoms with van der Waals surface area (Å²) in [6, 6.07) is -0.631. The SMILES string of the molecule is CC(C)(CCO)CNC(=O)NC1CCN(CC(F)(F)F)C1. The third-order valence-corrected chi connectivity index (χ3v) is 3.53. The zero-order chi connectivity index (χ0) is 16.1. The van der Waals surface area contributed by atoms with Gasteiger partial charge in [0.2, 0.25) is 0 Å². The fraction of sp³-hybridized carbons (Fsp3) is 0.923. The number of nitrogens with zero attached hydrogens (tertiary/aromatic N) is 1. The lowest BCUT2D eigenvalue weighted by molar-refractivity contribution is -0.143. The van der Waals surface area contributed by atoms with Gasteiger partial charge in [-0.05, 0) is 18.3 Å². The van der Waals surface area contributed by atoms with Crippen LogP contribution in [-0.4, -0.2) is 61.0 Å². The number of hydrogen-bond donors (Lipinski definition) is 3. The Bertz CT molecular complexity index is 348. The first-order chi connectivity index (χ1) is 9.61. The highest BCUT2D eigenvalue weighted by Crippen LogP contribution is 2.20. The van der Waals surface area contributed by atoms with Crippen molar-refractivity contribution >= 4 is 6.03 Å². The number of aliphatic hydroxyl groups is 1. The van der Waals surface area contributed by atoms with Crippen LogP contribution in [-0.2, 0) is 0 Å². The molecule has 0 radical (unpaired) electrons. The third-order valence-electron chi connectivity index (χ3n) is 3.53. The number of amides is 2. The maximum atomic E-state index is 12.3. The summed E-state index contributed by atoms with van der Waals surface area (Å²) >= 11 is 0. The average Bonchev–Trinajstić information content (AvgIpc) is 2.71. The number of halogens is 3. The minimum atomic E-state index is -4.20. The summed E-state index contributed by atoms with van der Waals surface area (Å²) < 4.78 is 36.8. The van der Waals surface area contributed by atoms with Gasteiger partial charge in [0.1, 0.15) is 0 Å². The molecule has 8 heteroatoms. The van der Waals surface area contributed by atoms with Crippen LogP contribution in [0.3, 0.4) is 0 Å². The lowest BCUT2D eigenvalue weighted by atomic mass is 9.90. The predicted molar refractivity (Wildman–Crippen MR) is 72.9 cm³/mol. The molecule has 1 unspecified atom stereocenters. The first kappa shape index (κ1) is 18.0. The van der Waals surface area contributed by atoms with Gasteiger partial charge in [-0.1, -0.05) is 13.8 Å². The molecule has 1 saturated heterocycles. The Morgan fingerprint density at radius 1 is 1.38 bits per heavy atom. The largest absolute Gasteiger partial charge is 0.401 e. The molecule has 0 aromatic carbocycles. The number of carbonyl (C=O) groups is 1. The molecular weight excluding hydrogens is 287 g/mol. The Balaban J connectivity index is 2.27. The molecule has 0 aromatic heterocycles. The third kappa shape index (κ3) is 7.52. The second-order valence-electron chi connectivity index (χ2n) is 6.30. The number of aliphatic hydroxyl groups excluding tert-OH is 1. The molecule has 1 aliphatic rings. The van der Waals surface area contributed by atoms with E-state index in [9.17, 15) is 18.0 Å². The predicted octanol–water partition coefficient (Wildman–Crippen LogP) is 1.33. The van der Waals surface area contributed by atoms with Crippen molar-refractivity contribution in [3.05, 3.63) is 0 Å². The summed E-state index contributed by atoms with van der Waals surface area (Å²) in [5.74, 6) is 0. The van der Waals surface area contributed by atoms with Crippen molar-refractivity contribution in [3.63, 3.8) is 0 Å². The Morgan fingerprint density at radius 2 is 2.05 bits per heavy atom. The summed E-state index contributed by atoms with van der Waals surface area (Å²) in [6.45, 7) is 3.90. The highest BCUT2D eigenvalue weighted by molar-refractivity contribution is 5.74. The van der Waals surface area contributed by atoms with Crippen molar-refractivity contribution in [1.82, 2.24) is 15.5 Å². The van der Waals surface area contributed by atoms with Crippen LogP contribution >= 0.6 is 0 Å². The van der Waals surface area contributed by atoms with Crippen LogP contribution in [0.25, 0.3) is 0 Å². The van der Waals surface area contributed by atoms with E-state index in [-0.39, 0.29) is 30.6 Å². The number of rotatable bonds is 6. The van der Waals surface area contributed by atoms with E-state index in [1.54, 1.807) is 0 Å². The van der Waals surface area contributed by atoms with E-state index >= 15 is 0 Å². The molecule has 124 valence electrons. The number of carbonyl (C=O) groups excluding carboxylic acids is 1. The van der Waals surface area contributed by atoms with Crippen molar-refractivity contribution in [3.8, 4) is 0 Å². The summed E-state index contributed by atoms with van der Waals surface area (Å²) in [7, 11) is 0.